The molecule has 13 heavy (non-hydrogen) atoms. The van der Waals surface area contributed by atoms with Crippen LogP contribution in [-0.2, 0) is 12.5 Å². The molecule has 1 aromatic rings. The Morgan fingerprint density at radius 2 is 2.00 bits per heavy atom. The van der Waals surface area contributed by atoms with Crippen LogP contribution in [0.5, 0.6) is 0 Å². The van der Waals surface area contributed by atoms with Crippen molar-refractivity contribution in [3.05, 3.63) is 17.5 Å². The monoisotopic (exact) mass is 184 g/mol. The first kappa shape index (κ1) is 10.2. The van der Waals surface area contributed by atoms with E-state index in [1.54, 1.807) is 4.68 Å². The fraction of sp³-hybridized carbons (Fsp3) is 0.700. The van der Waals surface area contributed by atoms with E-state index >= 15 is 0 Å². The van der Waals surface area contributed by atoms with E-state index in [1.165, 1.54) is 6.92 Å². The maximum Gasteiger partial charge on any atom is 0.141 e. The topological polar surface area (TPSA) is 17.8 Å². The van der Waals surface area contributed by atoms with Crippen molar-refractivity contribution in [3.8, 4) is 0 Å². The first-order valence-corrected chi connectivity index (χ1v) is 4.50. The molecule has 0 spiro atoms. The van der Waals surface area contributed by atoms with Gasteiger partial charge in [0.2, 0.25) is 0 Å². The molecule has 0 aliphatic heterocycles. The number of aromatic nitrogens is 2. The van der Waals surface area contributed by atoms with Gasteiger partial charge in [0.1, 0.15) is 6.17 Å². The highest BCUT2D eigenvalue weighted by atomic mass is 19.1. The first-order chi connectivity index (χ1) is 5.82. The van der Waals surface area contributed by atoms with Crippen molar-refractivity contribution in [3.63, 3.8) is 0 Å². The maximum atomic E-state index is 13.2. The van der Waals surface area contributed by atoms with Crippen molar-refractivity contribution in [2.75, 3.05) is 0 Å². The van der Waals surface area contributed by atoms with Gasteiger partial charge in [-0.15, -0.1) is 0 Å². The zero-order valence-corrected chi connectivity index (χ0v) is 8.93. The Morgan fingerprint density at radius 1 is 1.46 bits per heavy atom. The highest BCUT2D eigenvalue weighted by molar-refractivity contribution is 5.26. The minimum absolute atomic E-state index is 0.0378. The molecule has 3 heteroatoms. The molecule has 74 valence electrons. The van der Waals surface area contributed by atoms with Crippen LogP contribution >= 0.6 is 0 Å². The van der Waals surface area contributed by atoms with Gasteiger partial charge in [-0.3, -0.25) is 4.68 Å². The second-order valence-electron chi connectivity index (χ2n) is 4.47. The second-order valence-corrected chi connectivity index (χ2v) is 4.47. The van der Waals surface area contributed by atoms with Crippen molar-refractivity contribution in [2.45, 2.75) is 39.3 Å². The van der Waals surface area contributed by atoms with Crippen molar-refractivity contribution < 1.29 is 4.39 Å². The summed E-state index contributed by atoms with van der Waals surface area (Å²) >= 11 is 0. The summed E-state index contributed by atoms with van der Waals surface area (Å²) in [7, 11) is 1.82. The molecule has 0 amide bonds. The molecular weight excluding hydrogens is 167 g/mol. The molecule has 0 fully saturated rings. The fourth-order valence-corrected chi connectivity index (χ4v) is 1.38. The van der Waals surface area contributed by atoms with Gasteiger partial charge in [0.15, 0.2) is 0 Å². The standard InChI is InChI=1S/C10H17FN2/c1-7(11)9-8(10(2,3)4)6-13(5)12-9/h6-7H,1-5H3. The van der Waals surface area contributed by atoms with Gasteiger partial charge < -0.3 is 0 Å². The number of aryl methyl sites for hydroxylation is 1. The number of rotatable bonds is 1. The molecule has 1 rings (SSSR count). The summed E-state index contributed by atoms with van der Waals surface area (Å²) in [5.41, 5.74) is 1.52. The number of nitrogens with zero attached hydrogens (tertiary/aromatic N) is 2. The van der Waals surface area contributed by atoms with Crippen LogP contribution in [0, 0.1) is 0 Å². The molecule has 1 atom stereocenters. The molecule has 1 aromatic heterocycles. The van der Waals surface area contributed by atoms with Crippen molar-refractivity contribution >= 4 is 0 Å². The van der Waals surface area contributed by atoms with E-state index in [4.69, 9.17) is 0 Å². The smallest absolute Gasteiger partial charge is 0.141 e. The Balaban J connectivity index is 3.20. The SMILES string of the molecule is CC(F)c1nn(C)cc1C(C)(C)C. The first-order valence-electron chi connectivity index (χ1n) is 4.50. The third-order valence-electron chi connectivity index (χ3n) is 2.04. The minimum atomic E-state index is -0.990. The maximum absolute atomic E-state index is 13.2. The predicted molar refractivity (Wildman–Crippen MR) is 51.4 cm³/mol. The van der Waals surface area contributed by atoms with Gasteiger partial charge in [-0.1, -0.05) is 20.8 Å². The molecule has 0 radical (unpaired) electrons. The summed E-state index contributed by atoms with van der Waals surface area (Å²) < 4.78 is 14.8. The van der Waals surface area contributed by atoms with Gasteiger partial charge in [-0.25, -0.2) is 4.39 Å². The number of hydrogen-bond donors (Lipinski definition) is 0. The van der Waals surface area contributed by atoms with Crippen LogP contribution in [0.15, 0.2) is 6.20 Å². The average molecular weight is 184 g/mol. The molecule has 0 aromatic carbocycles. The van der Waals surface area contributed by atoms with E-state index in [9.17, 15) is 4.39 Å². The second kappa shape index (κ2) is 3.13. The van der Waals surface area contributed by atoms with Gasteiger partial charge >= 0.3 is 0 Å². The summed E-state index contributed by atoms with van der Waals surface area (Å²) in [6, 6.07) is 0. The highest BCUT2D eigenvalue weighted by Gasteiger charge is 2.23. The van der Waals surface area contributed by atoms with Gasteiger partial charge in [0, 0.05) is 18.8 Å². The fourth-order valence-electron chi connectivity index (χ4n) is 1.38. The van der Waals surface area contributed by atoms with Crippen molar-refractivity contribution in [1.82, 2.24) is 9.78 Å². The normalized spacial score (nSPS) is 14.6. The molecule has 0 saturated carbocycles. The quantitative estimate of drug-likeness (QED) is 0.656. The predicted octanol–water partition coefficient (Wildman–Crippen LogP) is 2.75. The lowest BCUT2D eigenvalue weighted by Crippen LogP contribution is -2.13. The lowest BCUT2D eigenvalue weighted by molar-refractivity contribution is 0.356. The van der Waals surface area contributed by atoms with Crippen LogP contribution in [0.1, 0.15) is 45.1 Å². The van der Waals surface area contributed by atoms with Crippen LogP contribution < -0.4 is 0 Å². The molecule has 0 saturated heterocycles. The third-order valence-corrected chi connectivity index (χ3v) is 2.04. The van der Waals surface area contributed by atoms with E-state index in [-0.39, 0.29) is 5.41 Å². The number of halogens is 1. The van der Waals surface area contributed by atoms with E-state index in [0.717, 1.165) is 5.56 Å². The lowest BCUT2D eigenvalue weighted by atomic mass is 9.86. The van der Waals surface area contributed by atoms with E-state index in [0.29, 0.717) is 5.69 Å². The number of alkyl halides is 1. The molecule has 0 N–H and O–H groups in total. The summed E-state index contributed by atoms with van der Waals surface area (Å²) in [5.74, 6) is 0. The number of hydrogen-bond acceptors (Lipinski definition) is 1. The molecule has 2 nitrogen and oxygen atoms in total. The summed E-state index contributed by atoms with van der Waals surface area (Å²) in [5, 5.41) is 4.12. The molecular formula is C10H17FN2. The summed E-state index contributed by atoms with van der Waals surface area (Å²) in [6.45, 7) is 7.72. The third kappa shape index (κ3) is 2.08. The molecule has 0 bridgehead atoms. The van der Waals surface area contributed by atoms with Gasteiger partial charge in [-0.05, 0) is 12.3 Å². The van der Waals surface area contributed by atoms with Gasteiger partial charge in [0.05, 0.1) is 5.69 Å². The van der Waals surface area contributed by atoms with Crippen LogP contribution in [0.25, 0.3) is 0 Å². The van der Waals surface area contributed by atoms with Crippen molar-refractivity contribution in [2.24, 2.45) is 7.05 Å². The molecule has 0 aliphatic rings. The average Bonchev–Trinajstić information content (AvgIpc) is 2.29. The highest BCUT2D eigenvalue weighted by Crippen LogP contribution is 2.29. The minimum Gasteiger partial charge on any atom is -0.275 e. The van der Waals surface area contributed by atoms with Crippen LogP contribution in [0.2, 0.25) is 0 Å². The Morgan fingerprint density at radius 3 is 2.31 bits per heavy atom. The van der Waals surface area contributed by atoms with E-state index in [2.05, 4.69) is 25.9 Å². The lowest BCUT2D eigenvalue weighted by Gasteiger charge is -2.18. The Kier molecular flexibility index (Phi) is 2.46. The zero-order valence-electron chi connectivity index (χ0n) is 8.93. The summed E-state index contributed by atoms with van der Waals surface area (Å²) in [4.78, 5) is 0. The van der Waals surface area contributed by atoms with Crippen molar-refractivity contribution in [1.29, 1.82) is 0 Å². The Labute approximate surface area is 78.8 Å². The van der Waals surface area contributed by atoms with Crippen LogP contribution in [0.4, 0.5) is 4.39 Å². The molecule has 1 heterocycles. The Hall–Kier alpha value is -0.860. The van der Waals surface area contributed by atoms with Crippen LogP contribution in [-0.4, -0.2) is 9.78 Å². The molecule has 0 aliphatic carbocycles. The molecule has 1 unspecified atom stereocenters. The Bertz CT molecular complexity index is 294. The summed E-state index contributed by atoms with van der Waals surface area (Å²) in [6.07, 6.45) is 0.904. The van der Waals surface area contributed by atoms with Gasteiger partial charge in [0.25, 0.3) is 0 Å². The zero-order chi connectivity index (χ0) is 10.2. The van der Waals surface area contributed by atoms with E-state index < -0.39 is 6.17 Å². The van der Waals surface area contributed by atoms with Crippen LogP contribution in [0.3, 0.4) is 0 Å². The largest absolute Gasteiger partial charge is 0.275 e. The van der Waals surface area contributed by atoms with Gasteiger partial charge in [-0.2, -0.15) is 5.10 Å². The van der Waals surface area contributed by atoms with E-state index in [1.807, 2.05) is 13.2 Å².